The fourth-order valence-corrected chi connectivity index (χ4v) is 4.80. The van der Waals surface area contributed by atoms with Gasteiger partial charge in [-0.3, -0.25) is 4.79 Å². The van der Waals surface area contributed by atoms with Crippen LogP contribution in [0.2, 0.25) is 0 Å². The van der Waals surface area contributed by atoms with E-state index in [0.29, 0.717) is 18.8 Å². The molecule has 166 valence electrons. The number of urea groups is 1. The molecule has 2 heterocycles. The number of hydrogen-bond donors (Lipinski definition) is 2. The summed E-state index contributed by atoms with van der Waals surface area (Å²) in [4.78, 5) is 28.1. The third-order valence-electron chi connectivity index (χ3n) is 5.12. The second-order valence-electron chi connectivity index (χ2n) is 7.35. The Balaban J connectivity index is 1.38. The number of hydrogen-bond acceptors (Lipinski definition) is 6. The molecule has 0 bridgehead atoms. The first-order valence-electron chi connectivity index (χ1n) is 10.1. The molecule has 0 saturated carbocycles. The van der Waals surface area contributed by atoms with Gasteiger partial charge in [-0.2, -0.15) is 0 Å². The number of carbonyl (C=O) groups is 2. The number of amides is 3. The number of aromatic nitrogens is 2. The number of nitrogens with zero attached hydrogens (tertiary/aromatic N) is 3. The molecule has 1 aliphatic rings. The van der Waals surface area contributed by atoms with Crippen molar-refractivity contribution in [3.8, 4) is 0 Å². The Morgan fingerprint density at radius 2 is 1.94 bits per heavy atom. The first-order chi connectivity index (χ1) is 15.5. The van der Waals surface area contributed by atoms with E-state index in [0.717, 1.165) is 28.4 Å². The summed E-state index contributed by atoms with van der Waals surface area (Å²) in [5.74, 6) is -0.736. The van der Waals surface area contributed by atoms with Crippen LogP contribution in [0.3, 0.4) is 0 Å². The van der Waals surface area contributed by atoms with Crippen LogP contribution in [0.1, 0.15) is 33.6 Å². The van der Waals surface area contributed by atoms with E-state index in [1.165, 1.54) is 35.6 Å². The summed E-state index contributed by atoms with van der Waals surface area (Å²) in [7, 11) is 0. The van der Waals surface area contributed by atoms with E-state index in [9.17, 15) is 14.0 Å². The van der Waals surface area contributed by atoms with Crippen molar-refractivity contribution in [3.63, 3.8) is 0 Å². The van der Waals surface area contributed by atoms with Gasteiger partial charge in [0.25, 0.3) is 5.91 Å². The lowest BCUT2D eigenvalue weighted by Crippen LogP contribution is -2.41. The lowest BCUT2D eigenvalue weighted by Gasteiger charge is -2.31. The summed E-state index contributed by atoms with van der Waals surface area (Å²) in [6, 6.07) is 13.1. The van der Waals surface area contributed by atoms with Gasteiger partial charge in [0.1, 0.15) is 10.8 Å². The highest BCUT2D eigenvalue weighted by Crippen LogP contribution is 2.30. The number of thioether (sulfide) groups is 1. The molecule has 1 saturated heterocycles. The Hall–Kier alpha value is -2.98. The second-order valence-corrected chi connectivity index (χ2v) is 9.24. The monoisotopic (exact) mass is 471 g/mol. The summed E-state index contributed by atoms with van der Waals surface area (Å²) >= 11 is 2.84. The third kappa shape index (κ3) is 5.43. The van der Waals surface area contributed by atoms with Crippen molar-refractivity contribution in [2.75, 3.05) is 30.0 Å². The number of anilines is 2. The maximum absolute atomic E-state index is 13.0. The fraction of sp³-hybridized carbons (Fsp3) is 0.273. The highest BCUT2D eigenvalue weighted by atomic mass is 32.2. The smallest absolute Gasteiger partial charge is 0.321 e. The Labute approximate surface area is 193 Å². The van der Waals surface area contributed by atoms with Crippen molar-refractivity contribution < 1.29 is 14.0 Å². The second kappa shape index (κ2) is 10.1. The molecule has 0 spiro atoms. The van der Waals surface area contributed by atoms with Crippen molar-refractivity contribution in [2.24, 2.45) is 0 Å². The molecule has 1 atom stereocenters. The van der Waals surface area contributed by atoms with E-state index >= 15 is 0 Å². The summed E-state index contributed by atoms with van der Waals surface area (Å²) in [6.45, 7) is 1.18. The van der Waals surface area contributed by atoms with Crippen LogP contribution in [0.25, 0.3) is 0 Å². The van der Waals surface area contributed by atoms with Crippen LogP contribution in [0.4, 0.5) is 20.6 Å². The average molecular weight is 472 g/mol. The molecule has 7 nitrogen and oxygen atoms in total. The molecule has 3 aromatic rings. The van der Waals surface area contributed by atoms with Gasteiger partial charge < -0.3 is 15.5 Å². The number of benzene rings is 2. The number of halogens is 1. The van der Waals surface area contributed by atoms with E-state index in [1.54, 1.807) is 16.7 Å². The van der Waals surface area contributed by atoms with Gasteiger partial charge in [-0.05, 0) is 61.6 Å². The molecule has 1 aromatic heterocycles. The van der Waals surface area contributed by atoms with Crippen molar-refractivity contribution >= 4 is 46.4 Å². The lowest BCUT2D eigenvalue weighted by molar-refractivity contribution is 0.102. The minimum Gasteiger partial charge on any atom is -0.324 e. The lowest BCUT2D eigenvalue weighted by atomic mass is 9.99. The van der Waals surface area contributed by atoms with E-state index in [4.69, 9.17) is 0 Å². The first kappa shape index (κ1) is 22.2. The van der Waals surface area contributed by atoms with Crippen LogP contribution < -0.4 is 10.6 Å². The van der Waals surface area contributed by atoms with E-state index in [-0.39, 0.29) is 28.7 Å². The molecule has 4 rings (SSSR count). The molecule has 0 unspecified atom stereocenters. The molecule has 2 N–H and O–H groups in total. The molecule has 0 aliphatic carbocycles. The third-order valence-corrected chi connectivity index (χ3v) is 6.93. The molecule has 2 aromatic carbocycles. The number of nitrogens with one attached hydrogen (secondary N) is 2. The quantitative estimate of drug-likeness (QED) is 0.508. The van der Waals surface area contributed by atoms with Crippen LogP contribution in [0, 0.1) is 5.82 Å². The maximum Gasteiger partial charge on any atom is 0.321 e. The standard InChI is InChI=1S/C22H22FN5O2S2/c1-31-18-6-2-5-17(12-18)25-22(30)28-11-3-4-14(13-28)20-26-27-21(32-20)19(29)24-16-9-7-15(23)8-10-16/h2,5-10,12,14H,3-4,11,13H2,1H3,(H,24,29)(H,25,30)/t14-/m1/s1. The van der Waals surface area contributed by atoms with E-state index in [2.05, 4.69) is 20.8 Å². The molecular weight excluding hydrogens is 449 g/mol. The number of carbonyl (C=O) groups excluding carboxylic acids is 2. The molecule has 10 heteroatoms. The Morgan fingerprint density at radius 3 is 2.72 bits per heavy atom. The van der Waals surface area contributed by atoms with E-state index < -0.39 is 0 Å². The van der Waals surface area contributed by atoms with Crippen molar-refractivity contribution in [1.29, 1.82) is 0 Å². The minimum atomic E-state index is -0.389. The van der Waals surface area contributed by atoms with Crippen LogP contribution in [0.5, 0.6) is 0 Å². The van der Waals surface area contributed by atoms with Gasteiger partial charge in [0.15, 0.2) is 0 Å². The summed E-state index contributed by atoms with van der Waals surface area (Å²) in [6.07, 6.45) is 3.71. The van der Waals surface area contributed by atoms with Gasteiger partial charge >= 0.3 is 6.03 Å². The SMILES string of the molecule is CSc1cccc(NC(=O)N2CCC[C@@H](c3nnc(C(=O)Nc4ccc(F)cc4)s3)C2)c1. The maximum atomic E-state index is 13.0. The predicted octanol–water partition coefficient (Wildman–Crippen LogP) is 5.06. The minimum absolute atomic E-state index is 0.0249. The number of likely N-dealkylation sites (tertiary alicyclic amines) is 1. The molecule has 1 fully saturated rings. The summed E-state index contributed by atoms with van der Waals surface area (Å²) in [5.41, 5.74) is 1.25. The summed E-state index contributed by atoms with van der Waals surface area (Å²) in [5, 5.41) is 14.8. The average Bonchev–Trinajstić information content (AvgIpc) is 3.31. The van der Waals surface area contributed by atoms with Gasteiger partial charge in [0.05, 0.1) is 0 Å². The molecule has 32 heavy (non-hydrogen) atoms. The molecular formula is C22H22FN5O2S2. The van der Waals surface area contributed by atoms with Crippen LogP contribution >= 0.6 is 23.1 Å². The molecule has 0 radical (unpaired) electrons. The van der Waals surface area contributed by atoms with Gasteiger partial charge in [0.2, 0.25) is 5.01 Å². The number of rotatable bonds is 5. The van der Waals surface area contributed by atoms with Crippen molar-refractivity contribution in [2.45, 2.75) is 23.7 Å². The van der Waals surface area contributed by atoms with Gasteiger partial charge in [-0.15, -0.1) is 22.0 Å². The Morgan fingerprint density at radius 1 is 1.12 bits per heavy atom. The zero-order chi connectivity index (χ0) is 22.5. The summed E-state index contributed by atoms with van der Waals surface area (Å²) < 4.78 is 13.0. The van der Waals surface area contributed by atoms with E-state index in [1.807, 2.05) is 30.5 Å². The first-order valence-corrected chi connectivity index (χ1v) is 12.2. The zero-order valence-corrected chi connectivity index (χ0v) is 19.0. The van der Waals surface area contributed by atoms with Crippen LogP contribution in [-0.4, -0.2) is 46.4 Å². The van der Waals surface area contributed by atoms with Crippen LogP contribution in [-0.2, 0) is 0 Å². The fourth-order valence-electron chi connectivity index (χ4n) is 3.48. The normalized spacial score (nSPS) is 15.9. The van der Waals surface area contributed by atoms with Crippen molar-refractivity contribution in [1.82, 2.24) is 15.1 Å². The Bertz CT molecular complexity index is 1110. The van der Waals surface area contributed by atoms with Crippen LogP contribution in [0.15, 0.2) is 53.4 Å². The largest absolute Gasteiger partial charge is 0.324 e. The van der Waals surface area contributed by atoms with Gasteiger partial charge in [0, 0.05) is 35.3 Å². The number of piperidine rings is 1. The van der Waals surface area contributed by atoms with Gasteiger partial charge in [-0.1, -0.05) is 17.4 Å². The highest BCUT2D eigenvalue weighted by Gasteiger charge is 2.28. The zero-order valence-electron chi connectivity index (χ0n) is 17.4. The Kier molecular flexibility index (Phi) is 7.01. The molecule has 1 aliphatic heterocycles. The van der Waals surface area contributed by atoms with Crippen molar-refractivity contribution in [3.05, 3.63) is 64.4 Å². The van der Waals surface area contributed by atoms with Gasteiger partial charge in [-0.25, -0.2) is 9.18 Å². The molecule has 3 amide bonds. The highest BCUT2D eigenvalue weighted by molar-refractivity contribution is 7.98. The predicted molar refractivity (Wildman–Crippen MR) is 125 cm³/mol. The topological polar surface area (TPSA) is 87.2 Å².